The molecule has 5 N–H and O–H groups in total. The van der Waals surface area contributed by atoms with Crippen LogP contribution in [0.2, 0.25) is 0 Å². The molecule has 1 amide bonds. The van der Waals surface area contributed by atoms with E-state index in [-0.39, 0.29) is 10.9 Å². The number of hydrogen-bond acceptors (Lipinski definition) is 4. The predicted molar refractivity (Wildman–Crippen MR) is 80.3 cm³/mol. The Morgan fingerprint density at radius 2 is 2.00 bits per heavy atom. The number of benzene rings is 1. The molecule has 5 nitrogen and oxygen atoms in total. The summed E-state index contributed by atoms with van der Waals surface area (Å²) in [5.41, 5.74) is 12.4. The highest BCUT2D eigenvalue weighted by Gasteiger charge is 2.21. The molecule has 1 unspecified atom stereocenters. The van der Waals surface area contributed by atoms with E-state index in [0.717, 1.165) is 0 Å². The van der Waals surface area contributed by atoms with Crippen molar-refractivity contribution in [1.82, 2.24) is 0 Å². The zero-order chi connectivity index (χ0) is 14.6. The summed E-state index contributed by atoms with van der Waals surface area (Å²) in [5, 5.41) is 3.08. The summed E-state index contributed by atoms with van der Waals surface area (Å²) >= 11 is 4.99. The van der Waals surface area contributed by atoms with Crippen LogP contribution in [-0.2, 0) is 4.79 Å². The number of carbonyl (C=O) groups is 1. The van der Waals surface area contributed by atoms with E-state index in [1.165, 1.54) is 0 Å². The fourth-order valence-electron chi connectivity index (χ4n) is 1.72. The maximum atomic E-state index is 11.4. The highest BCUT2D eigenvalue weighted by Crippen LogP contribution is 2.24. The number of thiocarbonyl (C=S) groups is 1. The largest absolute Gasteiger partial charge is 0.497 e. The Balaban J connectivity index is 3.15. The van der Waals surface area contributed by atoms with Gasteiger partial charge in [-0.2, -0.15) is 0 Å². The number of primary amides is 1. The molecule has 0 saturated carbocycles. The fourth-order valence-corrected chi connectivity index (χ4v) is 1.90. The third-order valence-electron chi connectivity index (χ3n) is 2.78. The summed E-state index contributed by atoms with van der Waals surface area (Å²) < 4.78 is 5.15. The minimum absolute atomic E-state index is 0.0443. The maximum Gasteiger partial charge on any atom is 0.240 e. The molecule has 0 bridgehead atoms. The molecule has 0 saturated heterocycles. The number of nitrogens with two attached hydrogens (primary N) is 2. The Hall–Kier alpha value is -1.82. The van der Waals surface area contributed by atoms with Crippen molar-refractivity contribution >= 4 is 28.8 Å². The zero-order valence-corrected chi connectivity index (χ0v) is 12.1. The molecule has 0 fully saturated rings. The van der Waals surface area contributed by atoms with Gasteiger partial charge in [-0.3, -0.25) is 4.79 Å². The molecule has 0 aromatic heterocycles. The molecule has 0 heterocycles. The highest BCUT2D eigenvalue weighted by molar-refractivity contribution is 7.80. The lowest BCUT2D eigenvalue weighted by atomic mass is 10.0. The van der Waals surface area contributed by atoms with E-state index in [2.05, 4.69) is 5.32 Å². The first-order valence-electron chi connectivity index (χ1n) is 5.90. The van der Waals surface area contributed by atoms with Crippen molar-refractivity contribution in [2.45, 2.75) is 19.9 Å². The Morgan fingerprint density at radius 3 is 2.42 bits per heavy atom. The van der Waals surface area contributed by atoms with Crippen LogP contribution >= 0.6 is 12.2 Å². The van der Waals surface area contributed by atoms with Crippen molar-refractivity contribution in [2.75, 3.05) is 12.4 Å². The van der Waals surface area contributed by atoms with Crippen molar-refractivity contribution in [1.29, 1.82) is 0 Å². The molecular formula is C13H19N3O2S. The molecule has 0 aliphatic heterocycles. The second-order valence-electron chi connectivity index (χ2n) is 4.54. The SMILES string of the molecule is COc1ccc(C(N)=S)c(NC(C(N)=O)C(C)C)c1. The average Bonchev–Trinajstić information content (AvgIpc) is 2.34. The van der Waals surface area contributed by atoms with E-state index in [9.17, 15) is 4.79 Å². The van der Waals surface area contributed by atoms with Gasteiger partial charge in [0, 0.05) is 17.3 Å². The number of nitrogens with one attached hydrogen (secondary N) is 1. The molecule has 19 heavy (non-hydrogen) atoms. The van der Waals surface area contributed by atoms with E-state index < -0.39 is 11.9 Å². The first-order chi connectivity index (χ1) is 8.86. The van der Waals surface area contributed by atoms with Crippen LogP contribution in [0.3, 0.4) is 0 Å². The quantitative estimate of drug-likeness (QED) is 0.683. The highest BCUT2D eigenvalue weighted by atomic mass is 32.1. The van der Waals surface area contributed by atoms with Crippen LogP contribution in [0.5, 0.6) is 5.75 Å². The molecule has 0 radical (unpaired) electrons. The molecule has 0 aliphatic carbocycles. The summed E-state index contributed by atoms with van der Waals surface area (Å²) in [4.78, 5) is 11.7. The summed E-state index contributed by atoms with van der Waals surface area (Å²) in [5.74, 6) is 0.268. The first-order valence-corrected chi connectivity index (χ1v) is 6.31. The van der Waals surface area contributed by atoms with Gasteiger partial charge in [0.1, 0.15) is 16.8 Å². The van der Waals surface area contributed by atoms with Gasteiger partial charge in [0.05, 0.1) is 7.11 Å². The number of amides is 1. The van der Waals surface area contributed by atoms with Gasteiger partial charge in [0.2, 0.25) is 5.91 Å². The van der Waals surface area contributed by atoms with Crippen molar-refractivity contribution in [3.63, 3.8) is 0 Å². The van der Waals surface area contributed by atoms with Crippen LogP contribution in [0.15, 0.2) is 18.2 Å². The third kappa shape index (κ3) is 3.82. The minimum atomic E-state index is -0.500. The van der Waals surface area contributed by atoms with Crippen LogP contribution in [0.25, 0.3) is 0 Å². The van der Waals surface area contributed by atoms with Gasteiger partial charge in [0.15, 0.2) is 0 Å². The van der Waals surface area contributed by atoms with Crippen molar-refractivity contribution in [3.8, 4) is 5.75 Å². The number of methoxy groups -OCH3 is 1. The van der Waals surface area contributed by atoms with Gasteiger partial charge in [-0.05, 0) is 18.1 Å². The lowest BCUT2D eigenvalue weighted by Crippen LogP contribution is -2.40. The molecule has 1 aromatic carbocycles. The van der Waals surface area contributed by atoms with Crippen molar-refractivity contribution < 1.29 is 9.53 Å². The zero-order valence-electron chi connectivity index (χ0n) is 11.3. The Morgan fingerprint density at radius 1 is 1.37 bits per heavy atom. The molecule has 0 aliphatic rings. The number of hydrogen-bond donors (Lipinski definition) is 3. The summed E-state index contributed by atoms with van der Waals surface area (Å²) in [6, 6.07) is 4.75. The Labute approximate surface area is 118 Å². The van der Waals surface area contributed by atoms with Gasteiger partial charge in [-0.1, -0.05) is 26.1 Å². The van der Waals surface area contributed by atoms with Crippen LogP contribution in [-0.4, -0.2) is 24.0 Å². The van der Waals surface area contributed by atoms with Gasteiger partial charge in [-0.15, -0.1) is 0 Å². The standard InChI is InChI=1S/C13H19N3O2S/c1-7(2)11(12(14)17)16-10-6-8(18-3)4-5-9(10)13(15)19/h4-7,11,16H,1-3H3,(H2,14,17)(H2,15,19). The minimum Gasteiger partial charge on any atom is -0.497 e. The second-order valence-corrected chi connectivity index (χ2v) is 4.98. The molecule has 1 atom stereocenters. The lowest BCUT2D eigenvalue weighted by Gasteiger charge is -2.22. The predicted octanol–water partition coefficient (Wildman–Crippen LogP) is 1.25. The Kier molecular flexibility index (Phi) is 5.11. The van der Waals surface area contributed by atoms with Gasteiger partial charge < -0.3 is 21.5 Å². The molecule has 104 valence electrons. The van der Waals surface area contributed by atoms with Crippen LogP contribution < -0.4 is 21.5 Å². The van der Waals surface area contributed by atoms with E-state index in [1.807, 2.05) is 13.8 Å². The lowest BCUT2D eigenvalue weighted by molar-refractivity contribution is -0.119. The smallest absolute Gasteiger partial charge is 0.240 e. The average molecular weight is 281 g/mol. The third-order valence-corrected chi connectivity index (χ3v) is 3.00. The Bertz CT molecular complexity index is 489. The number of anilines is 1. The molecular weight excluding hydrogens is 262 g/mol. The van der Waals surface area contributed by atoms with E-state index >= 15 is 0 Å². The normalized spacial score (nSPS) is 12.0. The van der Waals surface area contributed by atoms with Gasteiger partial charge in [0.25, 0.3) is 0 Å². The van der Waals surface area contributed by atoms with Crippen LogP contribution in [0.4, 0.5) is 5.69 Å². The van der Waals surface area contributed by atoms with Crippen LogP contribution in [0, 0.1) is 5.92 Å². The first kappa shape index (κ1) is 15.2. The maximum absolute atomic E-state index is 11.4. The molecule has 1 aromatic rings. The van der Waals surface area contributed by atoms with Crippen LogP contribution in [0.1, 0.15) is 19.4 Å². The number of rotatable bonds is 6. The van der Waals surface area contributed by atoms with E-state index in [0.29, 0.717) is 17.0 Å². The van der Waals surface area contributed by atoms with Gasteiger partial charge >= 0.3 is 0 Å². The second kappa shape index (κ2) is 6.38. The van der Waals surface area contributed by atoms with Crippen molar-refractivity contribution in [3.05, 3.63) is 23.8 Å². The monoisotopic (exact) mass is 281 g/mol. The number of carbonyl (C=O) groups excluding carboxylic acids is 1. The van der Waals surface area contributed by atoms with E-state index in [4.69, 9.17) is 28.4 Å². The van der Waals surface area contributed by atoms with E-state index in [1.54, 1.807) is 25.3 Å². The topological polar surface area (TPSA) is 90.4 Å². The van der Waals surface area contributed by atoms with Gasteiger partial charge in [-0.25, -0.2) is 0 Å². The fraction of sp³-hybridized carbons (Fsp3) is 0.385. The molecule has 0 spiro atoms. The van der Waals surface area contributed by atoms with Crippen molar-refractivity contribution in [2.24, 2.45) is 17.4 Å². The summed E-state index contributed by atoms with van der Waals surface area (Å²) in [7, 11) is 1.56. The summed E-state index contributed by atoms with van der Waals surface area (Å²) in [6.45, 7) is 3.81. The molecule has 6 heteroatoms. The number of ether oxygens (including phenoxy) is 1. The summed E-state index contributed by atoms with van der Waals surface area (Å²) in [6.07, 6.45) is 0. The molecule has 1 rings (SSSR count).